The van der Waals surface area contributed by atoms with E-state index in [0.717, 1.165) is 29.9 Å². The van der Waals surface area contributed by atoms with Crippen LogP contribution >= 0.6 is 0 Å². The first-order valence-corrected chi connectivity index (χ1v) is 10.5. The van der Waals surface area contributed by atoms with Gasteiger partial charge in [-0.05, 0) is 43.2 Å². The summed E-state index contributed by atoms with van der Waals surface area (Å²) >= 11 is 0. The van der Waals surface area contributed by atoms with Gasteiger partial charge in [0.1, 0.15) is 29.0 Å². The molecule has 4 aromatic rings. The fourth-order valence-electron chi connectivity index (χ4n) is 4.01. The Morgan fingerprint density at radius 2 is 1.72 bits per heavy atom. The summed E-state index contributed by atoms with van der Waals surface area (Å²) < 4.78 is 51.7. The molecule has 0 spiro atoms. The summed E-state index contributed by atoms with van der Waals surface area (Å²) in [5.41, 5.74) is 0.0188. The predicted octanol–water partition coefficient (Wildman–Crippen LogP) is 6.41. The van der Waals surface area contributed by atoms with Gasteiger partial charge in [0.25, 0.3) is 0 Å². The van der Waals surface area contributed by atoms with Crippen molar-refractivity contribution in [2.24, 2.45) is 0 Å². The predicted molar refractivity (Wildman–Crippen MR) is 114 cm³/mol. The quantitative estimate of drug-likeness (QED) is 0.360. The van der Waals surface area contributed by atoms with Gasteiger partial charge in [-0.1, -0.05) is 36.4 Å². The second-order valence-corrected chi connectivity index (χ2v) is 8.17. The molecular weight excluding hydrogens is 419 g/mol. The van der Waals surface area contributed by atoms with E-state index in [1.807, 2.05) is 30.3 Å². The minimum absolute atomic E-state index is 0.0199. The molecule has 0 amide bonds. The molecule has 1 N–H and O–H groups in total. The molecule has 1 saturated carbocycles. The van der Waals surface area contributed by atoms with E-state index in [-0.39, 0.29) is 11.3 Å². The molecule has 2 aromatic carbocycles. The van der Waals surface area contributed by atoms with Crippen LogP contribution in [-0.4, -0.2) is 22.6 Å². The number of hydrogen-bond acceptors (Lipinski definition) is 4. The number of hydrogen-bond donors (Lipinski definition) is 1. The molecule has 5 rings (SSSR count). The van der Waals surface area contributed by atoms with Crippen LogP contribution in [0.1, 0.15) is 36.0 Å². The fourth-order valence-corrected chi connectivity index (χ4v) is 4.01. The normalized spacial score (nSPS) is 15.5. The number of rotatable bonds is 7. The Balaban J connectivity index is 1.33. The summed E-state index contributed by atoms with van der Waals surface area (Å²) in [6, 6.07) is 18.4. The SMILES string of the molecule is OC(CN(Cc1ccc(-c2ccccc2C(F)(F)F)o1)C1CC1)c1cc2ccccc2o1. The summed E-state index contributed by atoms with van der Waals surface area (Å²) in [5.74, 6) is 1.23. The Morgan fingerprint density at radius 1 is 0.969 bits per heavy atom. The third kappa shape index (κ3) is 4.31. The van der Waals surface area contributed by atoms with Crippen LogP contribution in [0.15, 0.2) is 75.6 Å². The molecule has 1 aliphatic carbocycles. The number of benzene rings is 2. The van der Waals surface area contributed by atoms with Crippen molar-refractivity contribution >= 4 is 11.0 Å². The third-order valence-electron chi connectivity index (χ3n) is 5.76. The molecule has 32 heavy (non-hydrogen) atoms. The zero-order valence-corrected chi connectivity index (χ0v) is 17.2. The van der Waals surface area contributed by atoms with Crippen LogP contribution in [-0.2, 0) is 12.7 Å². The van der Waals surface area contributed by atoms with Gasteiger partial charge in [0, 0.05) is 23.5 Å². The molecule has 1 atom stereocenters. The summed E-state index contributed by atoms with van der Waals surface area (Å²) in [6.45, 7) is 0.746. The monoisotopic (exact) mass is 441 g/mol. The Morgan fingerprint density at radius 3 is 2.47 bits per heavy atom. The van der Waals surface area contributed by atoms with Crippen LogP contribution in [0.25, 0.3) is 22.3 Å². The first-order valence-electron chi connectivity index (χ1n) is 10.5. The van der Waals surface area contributed by atoms with Crippen LogP contribution < -0.4 is 0 Å². The molecule has 1 fully saturated rings. The Bertz CT molecular complexity index is 1190. The summed E-state index contributed by atoms with van der Waals surface area (Å²) in [7, 11) is 0. The second kappa shape index (κ2) is 8.15. The van der Waals surface area contributed by atoms with Crippen LogP contribution in [0, 0.1) is 0 Å². The van der Waals surface area contributed by atoms with E-state index in [2.05, 4.69) is 4.90 Å². The van der Waals surface area contributed by atoms with Crippen molar-refractivity contribution in [3.8, 4) is 11.3 Å². The zero-order valence-electron chi connectivity index (χ0n) is 17.2. The lowest BCUT2D eigenvalue weighted by Crippen LogP contribution is -2.30. The molecule has 0 radical (unpaired) electrons. The maximum absolute atomic E-state index is 13.4. The van der Waals surface area contributed by atoms with Crippen molar-refractivity contribution in [3.05, 3.63) is 83.8 Å². The van der Waals surface area contributed by atoms with E-state index in [1.165, 1.54) is 12.1 Å². The third-order valence-corrected chi connectivity index (χ3v) is 5.76. The largest absolute Gasteiger partial charge is 0.460 e. The molecule has 166 valence electrons. The highest BCUT2D eigenvalue weighted by atomic mass is 19.4. The van der Waals surface area contributed by atoms with Crippen molar-refractivity contribution in [2.75, 3.05) is 6.54 Å². The average Bonchev–Trinajstić information content (AvgIpc) is 3.36. The zero-order chi connectivity index (χ0) is 22.3. The van der Waals surface area contributed by atoms with Crippen LogP contribution in [0.3, 0.4) is 0 Å². The van der Waals surface area contributed by atoms with Gasteiger partial charge < -0.3 is 13.9 Å². The van der Waals surface area contributed by atoms with Crippen LogP contribution in [0.5, 0.6) is 0 Å². The molecule has 1 unspecified atom stereocenters. The van der Waals surface area contributed by atoms with Crippen LogP contribution in [0.2, 0.25) is 0 Å². The standard InChI is InChI=1S/C25H22F3NO3/c26-25(27,28)20-7-3-2-6-19(20)23-12-11-18(31-23)14-29(17-9-10-17)15-21(30)24-13-16-5-1-4-8-22(16)32-24/h1-8,11-13,17,21,30H,9-10,14-15H2. The van der Waals surface area contributed by atoms with Crippen molar-refractivity contribution < 1.29 is 27.1 Å². The van der Waals surface area contributed by atoms with Gasteiger partial charge >= 0.3 is 6.18 Å². The molecule has 0 bridgehead atoms. The summed E-state index contributed by atoms with van der Waals surface area (Å²) in [4.78, 5) is 2.09. The molecule has 2 aromatic heterocycles. The van der Waals surface area contributed by atoms with Gasteiger partial charge in [-0.2, -0.15) is 13.2 Å². The molecular formula is C25H22F3NO3. The van der Waals surface area contributed by atoms with Gasteiger partial charge in [0.05, 0.1) is 12.1 Å². The lowest BCUT2D eigenvalue weighted by molar-refractivity contribution is -0.137. The molecule has 1 aliphatic rings. The van der Waals surface area contributed by atoms with Gasteiger partial charge in [0.2, 0.25) is 0 Å². The number of aliphatic hydroxyl groups excluding tert-OH is 1. The lowest BCUT2D eigenvalue weighted by atomic mass is 10.1. The topological polar surface area (TPSA) is 49.8 Å². The van der Waals surface area contributed by atoms with Crippen LogP contribution in [0.4, 0.5) is 13.2 Å². The number of halogens is 3. The molecule has 0 saturated heterocycles. The van der Waals surface area contributed by atoms with Crippen molar-refractivity contribution in [1.29, 1.82) is 0 Å². The summed E-state index contributed by atoms with van der Waals surface area (Å²) in [6.07, 6.45) is -3.25. The van der Waals surface area contributed by atoms with E-state index < -0.39 is 17.8 Å². The van der Waals surface area contributed by atoms with Gasteiger partial charge in [0.15, 0.2) is 0 Å². The van der Waals surface area contributed by atoms with E-state index >= 15 is 0 Å². The summed E-state index contributed by atoms with van der Waals surface area (Å²) in [5, 5.41) is 11.7. The molecule has 0 aliphatic heterocycles. The second-order valence-electron chi connectivity index (χ2n) is 8.17. The molecule has 2 heterocycles. The first kappa shape index (κ1) is 20.8. The minimum Gasteiger partial charge on any atom is -0.460 e. The van der Waals surface area contributed by atoms with Gasteiger partial charge in [-0.25, -0.2) is 0 Å². The Labute approximate surface area is 182 Å². The van der Waals surface area contributed by atoms with Crippen molar-refractivity contribution in [3.63, 3.8) is 0 Å². The highest BCUT2D eigenvalue weighted by Crippen LogP contribution is 2.38. The van der Waals surface area contributed by atoms with E-state index in [4.69, 9.17) is 8.83 Å². The maximum Gasteiger partial charge on any atom is 0.417 e. The van der Waals surface area contributed by atoms with E-state index in [1.54, 1.807) is 18.2 Å². The van der Waals surface area contributed by atoms with Gasteiger partial charge in [-0.15, -0.1) is 0 Å². The number of alkyl halides is 3. The van der Waals surface area contributed by atoms with Gasteiger partial charge in [-0.3, -0.25) is 4.90 Å². The number of furan rings is 2. The lowest BCUT2D eigenvalue weighted by Gasteiger charge is -2.23. The minimum atomic E-state index is -4.46. The maximum atomic E-state index is 13.4. The molecule has 7 heteroatoms. The van der Waals surface area contributed by atoms with Crippen molar-refractivity contribution in [2.45, 2.75) is 37.7 Å². The van der Waals surface area contributed by atoms with E-state index in [0.29, 0.717) is 30.7 Å². The smallest absolute Gasteiger partial charge is 0.417 e. The first-order chi connectivity index (χ1) is 15.4. The Hall–Kier alpha value is -3.03. The Kier molecular flexibility index (Phi) is 5.31. The highest BCUT2D eigenvalue weighted by molar-refractivity contribution is 5.77. The fraction of sp³-hybridized carbons (Fsp3) is 0.280. The number of nitrogens with zero attached hydrogens (tertiary/aromatic N) is 1. The highest BCUT2D eigenvalue weighted by Gasteiger charge is 2.35. The van der Waals surface area contributed by atoms with Crippen molar-refractivity contribution in [1.82, 2.24) is 4.90 Å². The number of aliphatic hydroxyl groups is 1. The molecule has 4 nitrogen and oxygen atoms in total. The number of para-hydroxylation sites is 1. The van der Waals surface area contributed by atoms with E-state index in [9.17, 15) is 18.3 Å². The average molecular weight is 441 g/mol. The number of fused-ring (bicyclic) bond motifs is 1.